The van der Waals surface area contributed by atoms with E-state index in [4.69, 9.17) is 0 Å². The second-order valence-corrected chi connectivity index (χ2v) is 8.75. The molecule has 1 saturated carbocycles. The van der Waals surface area contributed by atoms with Crippen molar-refractivity contribution in [3.05, 3.63) is 56.8 Å². The van der Waals surface area contributed by atoms with E-state index in [9.17, 15) is 18.5 Å². The van der Waals surface area contributed by atoms with E-state index in [1.165, 1.54) is 29.1 Å². The Morgan fingerprint density at radius 1 is 1.17 bits per heavy atom. The second kappa shape index (κ2) is 6.62. The van der Waals surface area contributed by atoms with E-state index in [2.05, 4.69) is 10.8 Å². The fourth-order valence-corrected chi connectivity index (χ4v) is 5.32. The van der Waals surface area contributed by atoms with E-state index in [0.717, 1.165) is 25.7 Å². The number of nitro groups is 1. The first-order chi connectivity index (χ1) is 11.4. The molecule has 1 aliphatic carbocycles. The van der Waals surface area contributed by atoms with Crippen molar-refractivity contribution in [1.82, 2.24) is 4.72 Å². The Hall–Kier alpha value is -1.77. The minimum Gasteiger partial charge on any atom is -0.258 e. The molecule has 128 valence electrons. The van der Waals surface area contributed by atoms with Gasteiger partial charge in [-0.2, -0.15) is 0 Å². The van der Waals surface area contributed by atoms with E-state index in [0.29, 0.717) is 6.54 Å². The largest absolute Gasteiger partial charge is 0.269 e. The molecule has 0 radical (unpaired) electrons. The Balaban J connectivity index is 1.78. The minimum absolute atomic E-state index is 0.0485. The number of thiophene rings is 1. The normalized spacial score (nSPS) is 17.0. The maximum absolute atomic E-state index is 12.5. The predicted octanol–water partition coefficient (Wildman–Crippen LogP) is 3.45. The number of non-ortho nitro benzene ring substituents is 1. The molecule has 0 aliphatic heterocycles. The Bertz CT molecular complexity index is 808. The molecule has 24 heavy (non-hydrogen) atoms. The number of nitro benzene ring substituents is 1. The lowest BCUT2D eigenvalue weighted by molar-refractivity contribution is -0.384. The van der Waals surface area contributed by atoms with Crippen LogP contribution in [-0.4, -0.2) is 19.9 Å². The number of sulfonamides is 1. The van der Waals surface area contributed by atoms with Gasteiger partial charge in [-0.05, 0) is 36.4 Å². The van der Waals surface area contributed by atoms with Crippen LogP contribution >= 0.6 is 11.3 Å². The molecule has 0 spiro atoms. The van der Waals surface area contributed by atoms with E-state index in [1.807, 2.05) is 11.4 Å². The molecule has 0 bridgehead atoms. The molecule has 3 rings (SSSR count). The van der Waals surface area contributed by atoms with Gasteiger partial charge >= 0.3 is 0 Å². The molecule has 1 heterocycles. The molecule has 1 fully saturated rings. The van der Waals surface area contributed by atoms with E-state index in [-0.39, 0.29) is 16.0 Å². The van der Waals surface area contributed by atoms with Crippen LogP contribution in [0.2, 0.25) is 0 Å². The van der Waals surface area contributed by atoms with Gasteiger partial charge in [0.15, 0.2) is 0 Å². The topological polar surface area (TPSA) is 89.3 Å². The summed E-state index contributed by atoms with van der Waals surface area (Å²) < 4.78 is 27.7. The zero-order valence-electron chi connectivity index (χ0n) is 13.0. The summed E-state index contributed by atoms with van der Waals surface area (Å²) in [7, 11) is -3.69. The summed E-state index contributed by atoms with van der Waals surface area (Å²) in [5.41, 5.74) is -0.262. The third-order valence-corrected chi connectivity index (χ3v) is 7.10. The highest BCUT2D eigenvalue weighted by Gasteiger charge is 2.37. The van der Waals surface area contributed by atoms with E-state index < -0.39 is 14.9 Å². The SMILES string of the molecule is O=[N+]([O-])c1ccc(S(=O)(=O)NCC2(c3cccs3)CCCC2)cc1. The smallest absolute Gasteiger partial charge is 0.258 e. The molecule has 1 aliphatic rings. The Labute approximate surface area is 144 Å². The van der Waals surface area contributed by atoms with Crippen molar-refractivity contribution in [3.8, 4) is 0 Å². The van der Waals surface area contributed by atoms with Crippen LogP contribution in [0.25, 0.3) is 0 Å². The molecule has 1 aromatic carbocycles. The van der Waals surface area contributed by atoms with Crippen LogP contribution in [-0.2, 0) is 15.4 Å². The average molecular weight is 366 g/mol. The number of hydrogen-bond acceptors (Lipinski definition) is 5. The first-order valence-electron chi connectivity index (χ1n) is 7.71. The number of nitrogens with zero attached hydrogens (tertiary/aromatic N) is 1. The number of nitrogens with one attached hydrogen (secondary N) is 1. The fourth-order valence-electron chi connectivity index (χ4n) is 3.21. The lowest BCUT2D eigenvalue weighted by atomic mass is 9.85. The van der Waals surface area contributed by atoms with Crippen molar-refractivity contribution in [2.75, 3.05) is 6.54 Å². The molecule has 1 aromatic heterocycles. The third kappa shape index (κ3) is 3.35. The lowest BCUT2D eigenvalue weighted by Crippen LogP contribution is -2.38. The van der Waals surface area contributed by atoms with Crippen LogP contribution in [0.4, 0.5) is 5.69 Å². The van der Waals surface area contributed by atoms with Crippen molar-refractivity contribution >= 4 is 27.0 Å². The summed E-state index contributed by atoms with van der Waals surface area (Å²) in [5, 5.41) is 12.7. The van der Waals surface area contributed by atoms with Gasteiger partial charge in [0.2, 0.25) is 10.0 Å². The summed E-state index contributed by atoms with van der Waals surface area (Å²) in [6, 6.07) is 9.01. The lowest BCUT2D eigenvalue weighted by Gasteiger charge is -2.28. The number of rotatable bonds is 6. The third-order valence-electron chi connectivity index (χ3n) is 4.56. The van der Waals surface area contributed by atoms with Crippen molar-refractivity contribution in [3.63, 3.8) is 0 Å². The highest BCUT2D eigenvalue weighted by Crippen LogP contribution is 2.42. The molecule has 6 nitrogen and oxygen atoms in total. The van der Waals surface area contributed by atoms with Gasteiger partial charge in [-0.1, -0.05) is 18.9 Å². The number of hydrogen-bond donors (Lipinski definition) is 1. The highest BCUT2D eigenvalue weighted by molar-refractivity contribution is 7.89. The monoisotopic (exact) mass is 366 g/mol. The molecule has 0 amide bonds. The summed E-state index contributed by atoms with van der Waals surface area (Å²) in [4.78, 5) is 11.4. The van der Waals surface area contributed by atoms with Gasteiger partial charge in [-0.3, -0.25) is 10.1 Å². The molecular formula is C16H18N2O4S2. The summed E-state index contributed by atoms with van der Waals surface area (Å²) in [6.45, 7) is 0.354. The van der Waals surface area contributed by atoms with E-state index in [1.54, 1.807) is 11.3 Å². The summed E-state index contributed by atoms with van der Waals surface area (Å²) in [6.07, 6.45) is 4.13. The Morgan fingerprint density at radius 2 is 1.83 bits per heavy atom. The van der Waals surface area contributed by atoms with Gasteiger partial charge in [0.25, 0.3) is 5.69 Å². The van der Waals surface area contributed by atoms with Crippen LogP contribution in [0.3, 0.4) is 0 Å². The summed E-state index contributed by atoms with van der Waals surface area (Å²) >= 11 is 1.66. The van der Waals surface area contributed by atoms with Crippen molar-refractivity contribution in [2.24, 2.45) is 0 Å². The van der Waals surface area contributed by atoms with Crippen LogP contribution in [0.15, 0.2) is 46.7 Å². The molecule has 8 heteroatoms. The van der Waals surface area contributed by atoms with Crippen molar-refractivity contribution in [1.29, 1.82) is 0 Å². The van der Waals surface area contributed by atoms with Crippen molar-refractivity contribution < 1.29 is 13.3 Å². The average Bonchev–Trinajstić information content (AvgIpc) is 3.25. The van der Waals surface area contributed by atoms with Gasteiger partial charge in [-0.25, -0.2) is 13.1 Å². The van der Waals surface area contributed by atoms with Gasteiger partial charge in [-0.15, -0.1) is 11.3 Å². The van der Waals surface area contributed by atoms with Crippen LogP contribution in [0.1, 0.15) is 30.6 Å². The quantitative estimate of drug-likeness (QED) is 0.626. The zero-order chi connectivity index (χ0) is 17.2. The Morgan fingerprint density at radius 3 is 2.38 bits per heavy atom. The molecule has 0 unspecified atom stereocenters. The van der Waals surface area contributed by atoms with Crippen LogP contribution in [0.5, 0.6) is 0 Å². The van der Waals surface area contributed by atoms with Gasteiger partial charge in [0, 0.05) is 29.0 Å². The summed E-state index contributed by atoms with van der Waals surface area (Å²) in [5.74, 6) is 0. The van der Waals surface area contributed by atoms with Gasteiger partial charge in [0.1, 0.15) is 0 Å². The number of benzene rings is 1. The van der Waals surface area contributed by atoms with Crippen LogP contribution < -0.4 is 4.72 Å². The first kappa shape index (κ1) is 17.1. The predicted molar refractivity (Wildman–Crippen MR) is 92.7 cm³/mol. The second-order valence-electron chi connectivity index (χ2n) is 6.04. The molecule has 1 N–H and O–H groups in total. The Kier molecular flexibility index (Phi) is 4.71. The molecule has 0 atom stereocenters. The first-order valence-corrected chi connectivity index (χ1v) is 10.1. The maximum Gasteiger partial charge on any atom is 0.269 e. The maximum atomic E-state index is 12.5. The molecular weight excluding hydrogens is 348 g/mol. The zero-order valence-corrected chi connectivity index (χ0v) is 14.6. The minimum atomic E-state index is -3.69. The standard InChI is InChI=1S/C16H18N2O4S2/c19-18(20)13-5-7-14(8-6-13)24(21,22)17-12-16(9-1-2-10-16)15-4-3-11-23-15/h3-8,11,17H,1-2,9-10,12H2. The fraction of sp³-hybridized carbons (Fsp3) is 0.375. The molecule has 2 aromatic rings. The van der Waals surface area contributed by atoms with Gasteiger partial charge < -0.3 is 0 Å². The van der Waals surface area contributed by atoms with E-state index >= 15 is 0 Å². The molecule has 0 saturated heterocycles. The van der Waals surface area contributed by atoms with Crippen molar-refractivity contribution in [2.45, 2.75) is 36.0 Å². The van der Waals surface area contributed by atoms with Crippen LogP contribution in [0, 0.1) is 10.1 Å². The highest BCUT2D eigenvalue weighted by atomic mass is 32.2. The van der Waals surface area contributed by atoms with Gasteiger partial charge in [0.05, 0.1) is 9.82 Å².